The highest BCUT2D eigenvalue weighted by Gasteiger charge is 2.44. The van der Waals surface area contributed by atoms with Gasteiger partial charge in [-0.15, -0.1) is 0 Å². The van der Waals surface area contributed by atoms with Crippen LogP contribution in [0.25, 0.3) is 0 Å². The maximum atomic E-state index is 5.76. The van der Waals surface area contributed by atoms with Gasteiger partial charge in [0.05, 0.1) is 31.8 Å². The smallest absolute Gasteiger partial charge is 0.397 e. The summed E-state index contributed by atoms with van der Waals surface area (Å²) in [5.41, 5.74) is -0.308. The van der Waals surface area contributed by atoms with Crippen molar-refractivity contribution < 1.29 is 27.1 Å². The van der Waals surface area contributed by atoms with Crippen LogP contribution in [-0.2, 0) is 18.1 Å². The molecule has 6 nitrogen and oxygen atoms in total. The Labute approximate surface area is 278 Å². The van der Waals surface area contributed by atoms with E-state index < -0.39 is 17.2 Å². The molecule has 2 fully saturated rings. The fourth-order valence-electron chi connectivity index (χ4n) is 4.74. The third-order valence-corrected chi connectivity index (χ3v) is 9.74. The van der Waals surface area contributed by atoms with Gasteiger partial charge in [0.2, 0.25) is 0 Å². The lowest BCUT2D eigenvalue weighted by Crippen LogP contribution is -2.45. The summed E-state index contributed by atoms with van der Waals surface area (Å²) >= 11 is 0. The van der Waals surface area contributed by atoms with E-state index in [0.717, 1.165) is 11.5 Å². The topological polar surface area (TPSA) is 55.4 Å². The van der Waals surface area contributed by atoms with E-state index >= 15 is 0 Å². The molecule has 2 aliphatic heterocycles. The van der Waals surface area contributed by atoms with E-state index in [1.807, 2.05) is 60.7 Å². The number of unbranched alkanes of at least 4 members (excludes halogenated alkanes) is 14. The van der Waals surface area contributed by atoms with Gasteiger partial charge in [0.15, 0.2) is 0 Å². The Morgan fingerprint density at radius 3 is 0.978 bits per heavy atom. The Balaban J connectivity index is 0.000000294. The van der Waals surface area contributed by atoms with Gasteiger partial charge in [-0.1, -0.05) is 167 Å². The van der Waals surface area contributed by atoms with Crippen LogP contribution in [0.15, 0.2) is 60.7 Å². The molecule has 0 saturated carbocycles. The molecule has 2 aliphatic rings. The third kappa shape index (κ3) is 19.2. The highest BCUT2D eigenvalue weighted by Crippen LogP contribution is 2.52. The number of benzene rings is 2. The summed E-state index contributed by atoms with van der Waals surface area (Å²) in [5.74, 6) is 1.47. The summed E-state index contributed by atoms with van der Waals surface area (Å²) in [6, 6.07) is 19.0. The minimum atomic E-state index is -1.39. The van der Waals surface area contributed by atoms with Crippen molar-refractivity contribution in [2.45, 2.75) is 130 Å². The summed E-state index contributed by atoms with van der Waals surface area (Å²) < 4.78 is 34.4. The lowest BCUT2D eigenvalue weighted by atomic mass is 9.93. The summed E-state index contributed by atoms with van der Waals surface area (Å²) in [7, 11) is -2.77. The molecule has 2 aromatic carbocycles. The van der Waals surface area contributed by atoms with Crippen LogP contribution in [0.5, 0.6) is 11.5 Å². The SMILES string of the molecule is CCCCCCCCCC.CCCCCCCCCC.c1ccc(OP2OCC3(CO2)COP(Oc2ccccc2)OC3)cc1. The van der Waals surface area contributed by atoms with Crippen LogP contribution in [0, 0.1) is 5.41 Å². The van der Waals surface area contributed by atoms with Crippen molar-refractivity contribution in [2.75, 3.05) is 26.4 Å². The molecule has 256 valence electrons. The van der Waals surface area contributed by atoms with Crippen LogP contribution < -0.4 is 9.05 Å². The van der Waals surface area contributed by atoms with Crippen LogP contribution in [0.2, 0.25) is 0 Å². The molecule has 0 aromatic heterocycles. The van der Waals surface area contributed by atoms with Crippen molar-refractivity contribution in [1.29, 1.82) is 0 Å². The Bertz CT molecular complexity index is 809. The zero-order valence-electron chi connectivity index (χ0n) is 28.8. The largest absolute Gasteiger partial charge is 0.427 e. The van der Waals surface area contributed by atoms with E-state index in [1.165, 1.54) is 103 Å². The van der Waals surface area contributed by atoms with Gasteiger partial charge in [-0.2, -0.15) is 0 Å². The van der Waals surface area contributed by atoms with E-state index in [-0.39, 0.29) is 5.41 Å². The molecule has 45 heavy (non-hydrogen) atoms. The van der Waals surface area contributed by atoms with Gasteiger partial charge in [-0.25, -0.2) is 0 Å². The summed E-state index contributed by atoms with van der Waals surface area (Å²) in [5, 5.41) is 0. The summed E-state index contributed by atoms with van der Waals surface area (Å²) in [6.07, 6.45) is 22.9. The Hall–Kier alpha value is -1.26. The van der Waals surface area contributed by atoms with Gasteiger partial charge in [0.25, 0.3) is 0 Å². The maximum absolute atomic E-state index is 5.76. The monoisotopic (exact) mass is 664 g/mol. The van der Waals surface area contributed by atoms with Gasteiger partial charge in [0, 0.05) is 0 Å². The maximum Gasteiger partial charge on any atom is 0.397 e. The van der Waals surface area contributed by atoms with Crippen LogP contribution in [-0.4, -0.2) is 26.4 Å². The van der Waals surface area contributed by atoms with Gasteiger partial charge in [0.1, 0.15) is 11.5 Å². The van der Waals surface area contributed by atoms with Crippen LogP contribution >= 0.6 is 17.2 Å². The van der Waals surface area contributed by atoms with E-state index in [9.17, 15) is 0 Å². The minimum Gasteiger partial charge on any atom is -0.427 e. The first kappa shape index (κ1) is 39.9. The predicted octanol–water partition coefficient (Wildman–Crippen LogP) is 13.0. The van der Waals surface area contributed by atoms with E-state index in [4.69, 9.17) is 27.1 Å². The lowest BCUT2D eigenvalue weighted by molar-refractivity contribution is -0.0672. The second-order valence-electron chi connectivity index (χ2n) is 12.1. The molecule has 2 saturated heterocycles. The molecule has 0 bridgehead atoms. The number of hydrogen-bond acceptors (Lipinski definition) is 6. The number of hydrogen-bond donors (Lipinski definition) is 0. The molecular weight excluding hydrogens is 602 g/mol. The molecule has 0 amide bonds. The van der Waals surface area contributed by atoms with E-state index in [1.54, 1.807) is 0 Å². The lowest BCUT2D eigenvalue weighted by Gasteiger charge is -2.41. The van der Waals surface area contributed by atoms with Crippen molar-refractivity contribution >= 4 is 17.2 Å². The Morgan fingerprint density at radius 2 is 0.711 bits per heavy atom. The van der Waals surface area contributed by atoms with Crippen LogP contribution in [0.3, 0.4) is 0 Å². The molecule has 0 radical (unpaired) electrons. The van der Waals surface area contributed by atoms with Crippen LogP contribution in [0.4, 0.5) is 0 Å². The van der Waals surface area contributed by atoms with Gasteiger partial charge < -0.3 is 27.1 Å². The molecular formula is C37H62O6P2. The van der Waals surface area contributed by atoms with E-state index in [2.05, 4.69) is 27.7 Å². The van der Waals surface area contributed by atoms with Crippen LogP contribution in [0.1, 0.15) is 130 Å². The zero-order valence-corrected chi connectivity index (χ0v) is 30.5. The Morgan fingerprint density at radius 1 is 0.444 bits per heavy atom. The van der Waals surface area contributed by atoms with E-state index in [0.29, 0.717) is 26.4 Å². The van der Waals surface area contributed by atoms with Crippen molar-refractivity contribution in [3.05, 3.63) is 60.7 Å². The minimum absolute atomic E-state index is 0.308. The van der Waals surface area contributed by atoms with Crippen molar-refractivity contribution in [1.82, 2.24) is 0 Å². The van der Waals surface area contributed by atoms with Crippen molar-refractivity contribution in [3.63, 3.8) is 0 Å². The number of para-hydroxylation sites is 2. The molecule has 0 aliphatic carbocycles. The fraction of sp³-hybridized carbons (Fsp3) is 0.676. The highest BCUT2D eigenvalue weighted by atomic mass is 31.2. The second kappa shape index (κ2) is 26.8. The molecule has 8 heteroatoms. The number of rotatable bonds is 18. The standard InChI is InChI=1S/C17H18O6P2.2C10H22/c1-3-7-15(8-4-1)22-24-18-11-17(12-19-24)13-20-25(21-14-17)23-16-9-5-2-6-10-16;2*1-3-5-7-9-10-8-6-4-2/h1-10H,11-14H2;2*3-10H2,1-2H3. The molecule has 1 spiro atoms. The molecule has 0 N–H and O–H groups in total. The van der Waals surface area contributed by atoms with Gasteiger partial charge in [-0.05, 0) is 24.3 Å². The molecule has 2 aromatic rings. The summed E-state index contributed by atoms with van der Waals surface area (Å²) in [4.78, 5) is 0. The zero-order chi connectivity index (χ0) is 32.3. The van der Waals surface area contributed by atoms with Crippen molar-refractivity contribution in [3.8, 4) is 11.5 Å². The quantitative estimate of drug-likeness (QED) is 0.117. The highest BCUT2D eigenvalue weighted by molar-refractivity contribution is 7.42. The molecule has 4 rings (SSSR count). The summed E-state index contributed by atoms with van der Waals surface area (Å²) in [6.45, 7) is 11.0. The molecule has 2 heterocycles. The average molecular weight is 665 g/mol. The van der Waals surface area contributed by atoms with Gasteiger partial charge >= 0.3 is 17.2 Å². The van der Waals surface area contributed by atoms with Gasteiger partial charge in [-0.3, -0.25) is 0 Å². The first-order valence-electron chi connectivity index (χ1n) is 17.7. The molecule has 0 atom stereocenters. The second-order valence-corrected chi connectivity index (χ2v) is 14.4. The van der Waals surface area contributed by atoms with Crippen molar-refractivity contribution in [2.24, 2.45) is 5.41 Å². The first-order valence-corrected chi connectivity index (χ1v) is 19.9. The normalized spacial score (nSPS) is 20.8. The fourth-order valence-corrected chi connectivity index (χ4v) is 7.20. The first-order chi connectivity index (χ1) is 22.1. The molecule has 0 unspecified atom stereocenters. The third-order valence-electron chi connectivity index (χ3n) is 7.67. The average Bonchev–Trinajstić information content (AvgIpc) is 3.08. The predicted molar refractivity (Wildman–Crippen MR) is 191 cm³/mol. The Kier molecular flexibility index (Phi) is 23.7.